The van der Waals surface area contributed by atoms with Gasteiger partial charge in [0.25, 0.3) is 5.91 Å². The molecule has 0 aromatic heterocycles. The van der Waals surface area contributed by atoms with E-state index in [9.17, 15) is 4.79 Å². The molecular formula is C19H22Cl2N2O2. The van der Waals surface area contributed by atoms with Crippen molar-refractivity contribution in [3.8, 4) is 5.75 Å². The van der Waals surface area contributed by atoms with Crippen molar-refractivity contribution < 1.29 is 9.53 Å². The molecule has 1 amide bonds. The number of hydrogen-bond acceptors (Lipinski definition) is 3. The Hall–Kier alpha value is -1.91. The number of carbonyl (C=O) groups excluding carboxylic acids is 1. The minimum absolute atomic E-state index is 0.249. The lowest BCUT2D eigenvalue weighted by atomic mass is 10.2. The van der Waals surface area contributed by atoms with Gasteiger partial charge in [0, 0.05) is 29.5 Å². The van der Waals surface area contributed by atoms with E-state index in [1.165, 1.54) is 0 Å². The second-order valence-corrected chi connectivity index (χ2v) is 6.39. The van der Waals surface area contributed by atoms with E-state index in [1.807, 2.05) is 24.3 Å². The summed E-state index contributed by atoms with van der Waals surface area (Å²) in [6, 6.07) is 12.6. The average molecular weight is 381 g/mol. The molecule has 4 nitrogen and oxygen atoms in total. The van der Waals surface area contributed by atoms with Gasteiger partial charge in [-0.3, -0.25) is 4.79 Å². The van der Waals surface area contributed by atoms with Crippen molar-refractivity contribution in [2.24, 2.45) is 0 Å². The highest BCUT2D eigenvalue weighted by molar-refractivity contribution is 6.35. The summed E-state index contributed by atoms with van der Waals surface area (Å²) in [6.07, 6.45) is -0.693. The van der Waals surface area contributed by atoms with Gasteiger partial charge in [-0.1, -0.05) is 23.2 Å². The molecule has 0 bridgehead atoms. The third-order valence-electron chi connectivity index (χ3n) is 3.83. The SMILES string of the molecule is CCN(CC)c1ccc(NC(=O)[C@H](C)Oc2ccc(Cl)cc2Cl)cc1. The molecule has 134 valence electrons. The van der Waals surface area contributed by atoms with E-state index in [0.717, 1.165) is 24.5 Å². The van der Waals surface area contributed by atoms with E-state index >= 15 is 0 Å². The van der Waals surface area contributed by atoms with Crippen LogP contribution in [-0.4, -0.2) is 25.1 Å². The van der Waals surface area contributed by atoms with Crippen LogP contribution < -0.4 is 15.0 Å². The topological polar surface area (TPSA) is 41.6 Å². The van der Waals surface area contributed by atoms with Crippen LogP contribution in [0.5, 0.6) is 5.75 Å². The molecule has 0 saturated carbocycles. The van der Waals surface area contributed by atoms with Crippen molar-refractivity contribution in [3.05, 3.63) is 52.5 Å². The highest BCUT2D eigenvalue weighted by Crippen LogP contribution is 2.28. The van der Waals surface area contributed by atoms with Crippen LogP contribution in [0.15, 0.2) is 42.5 Å². The molecular weight excluding hydrogens is 359 g/mol. The minimum atomic E-state index is -0.693. The van der Waals surface area contributed by atoms with Crippen LogP contribution >= 0.6 is 23.2 Å². The monoisotopic (exact) mass is 380 g/mol. The standard InChI is InChI=1S/C19H22Cl2N2O2/c1-4-23(5-2)16-9-7-15(8-10-16)22-19(24)13(3)25-18-11-6-14(20)12-17(18)21/h6-13H,4-5H2,1-3H3,(H,22,24)/t13-/m0/s1. The Balaban J connectivity index is 1.98. The fourth-order valence-electron chi connectivity index (χ4n) is 2.40. The van der Waals surface area contributed by atoms with E-state index in [1.54, 1.807) is 25.1 Å². The molecule has 0 fully saturated rings. The highest BCUT2D eigenvalue weighted by Gasteiger charge is 2.16. The first kappa shape index (κ1) is 19.4. The molecule has 6 heteroatoms. The summed E-state index contributed by atoms with van der Waals surface area (Å²) in [7, 11) is 0. The zero-order chi connectivity index (χ0) is 18.4. The Morgan fingerprint density at radius 2 is 1.76 bits per heavy atom. The summed E-state index contributed by atoms with van der Waals surface area (Å²) in [5, 5.41) is 3.73. The van der Waals surface area contributed by atoms with Gasteiger partial charge >= 0.3 is 0 Å². The van der Waals surface area contributed by atoms with Crippen molar-refractivity contribution in [2.75, 3.05) is 23.3 Å². The summed E-state index contributed by atoms with van der Waals surface area (Å²) >= 11 is 11.9. The smallest absolute Gasteiger partial charge is 0.265 e. The molecule has 1 N–H and O–H groups in total. The normalized spacial score (nSPS) is 11.7. The Bertz CT molecular complexity index is 716. The fraction of sp³-hybridized carbons (Fsp3) is 0.316. The summed E-state index contributed by atoms with van der Waals surface area (Å²) in [5.74, 6) is 0.173. The van der Waals surface area contributed by atoms with Crippen LogP contribution in [0.3, 0.4) is 0 Å². The molecule has 0 heterocycles. The van der Waals surface area contributed by atoms with Gasteiger partial charge in [0.05, 0.1) is 5.02 Å². The maximum atomic E-state index is 12.3. The Morgan fingerprint density at radius 3 is 2.32 bits per heavy atom. The van der Waals surface area contributed by atoms with Crippen LogP contribution in [-0.2, 0) is 4.79 Å². The minimum Gasteiger partial charge on any atom is -0.479 e. The first-order chi connectivity index (χ1) is 11.9. The average Bonchev–Trinajstić information content (AvgIpc) is 2.59. The quantitative estimate of drug-likeness (QED) is 0.713. The molecule has 0 radical (unpaired) electrons. The van der Waals surface area contributed by atoms with Crippen molar-refractivity contribution in [1.82, 2.24) is 0 Å². The van der Waals surface area contributed by atoms with Crippen LogP contribution in [0.2, 0.25) is 10.0 Å². The van der Waals surface area contributed by atoms with E-state index in [4.69, 9.17) is 27.9 Å². The summed E-state index contributed by atoms with van der Waals surface area (Å²) < 4.78 is 5.62. The summed E-state index contributed by atoms with van der Waals surface area (Å²) in [4.78, 5) is 14.5. The summed E-state index contributed by atoms with van der Waals surface area (Å²) in [6.45, 7) is 7.77. The Labute approximate surface area is 158 Å². The van der Waals surface area contributed by atoms with E-state index in [2.05, 4.69) is 24.1 Å². The van der Waals surface area contributed by atoms with Crippen molar-refractivity contribution in [3.63, 3.8) is 0 Å². The third kappa shape index (κ3) is 5.28. The second kappa shape index (κ2) is 8.97. The van der Waals surface area contributed by atoms with Crippen molar-refractivity contribution in [1.29, 1.82) is 0 Å². The number of ether oxygens (including phenoxy) is 1. The van der Waals surface area contributed by atoms with Crippen LogP contribution in [0.4, 0.5) is 11.4 Å². The van der Waals surface area contributed by atoms with Gasteiger partial charge in [0.1, 0.15) is 5.75 Å². The first-order valence-electron chi connectivity index (χ1n) is 8.22. The van der Waals surface area contributed by atoms with Crippen LogP contribution in [0.25, 0.3) is 0 Å². The number of rotatable bonds is 7. The number of carbonyl (C=O) groups is 1. The zero-order valence-electron chi connectivity index (χ0n) is 14.6. The van der Waals surface area contributed by atoms with Gasteiger partial charge in [-0.05, 0) is 63.2 Å². The molecule has 2 aromatic carbocycles. The summed E-state index contributed by atoms with van der Waals surface area (Å²) in [5.41, 5.74) is 1.85. The number of nitrogens with one attached hydrogen (secondary N) is 1. The molecule has 0 aliphatic carbocycles. The molecule has 2 aromatic rings. The fourth-order valence-corrected chi connectivity index (χ4v) is 2.86. The highest BCUT2D eigenvalue weighted by atomic mass is 35.5. The Kier molecular flexibility index (Phi) is 6.97. The number of hydrogen-bond donors (Lipinski definition) is 1. The van der Waals surface area contributed by atoms with Gasteiger partial charge in [0.2, 0.25) is 0 Å². The van der Waals surface area contributed by atoms with Crippen molar-refractivity contribution in [2.45, 2.75) is 26.9 Å². The third-order valence-corrected chi connectivity index (χ3v) is 4.36. The molecule has 0 unspecified atom stereocenters. The molecule has 1 atom stereocenters. The lowest BCUT2D eigenvalue weighted by Crippen LogP contribution is -2.30. The number of amides is 1. The number of nitrogens with zero attached hydrogens (tertiary/aromatic N) is 1. The number of benzene rings is 2. The van der Waals surface area contributed by atoms with Crippen LogP contribution in [0, 0.1) is 0 Å². The van der Waals surface area contributed by atoms with Gasteiger partial charge in [-0.25, -0.2) is 0 Å². The number of halogens is 2. The van der Waals surface area contributed by atoms with Crippen LogP contribution in [0.1, 0.15) is 20.8 Å². The van der Waals surface area contributed by atoms with Crippen molar-refractivity contribution >= 4 is 40.5 Å². The molecule has 2 rings (SSSR count). The van der Waals surface area contributed by atoms with E-state index in [-0.39, 0.29) is 5.91 Å². The van der Waals surface area contributed by atoms with E-state index < -0.39 is 6.10 Å². The van der Waals surface area contributed by atoms with E-state index in [0.29, 0.717) is 15.8 Å². The van der Waals surface area contributed by atoms with Gasteiger partial charge in [-0.15, -0.1) is 0 Å². The van der Waals surface area contributed by atoms with Gasteiger partial charge < -0.3 is 15.0 Å². The largest absolute Gasteiger partial charge is 0.479 e. The lowest BCUT2D eigenvalue weighted by Gasteiger charge is -2.21. The molecule has 0 aliphatic rings. The maximum Gasteiger partial charge on any atom is 0.265 e. The maximum absolute atomic E-state index is 12.3. The number of anilines is 2. The second-order valence-electron chi connectivity index (χ2n) is 5.54. The lowest BCUT2D eigenvalue weighted by molar-refractivity contribution is -0.122. The molecule has 25 heavy (non-hydrogen) atoms. The predicted octanol–water partition coefficient (Wildman–Crippen LogP) is 5.25. The molecule has 0 aliphatic heterocycles. The zero-order valence-corrected chi connectivity index (χ0v) is 16.1. The molecule has 0 spiro atoms. The first-order valence-corrected chi connectivity index (χ1v) is 8.97. The van der Waals surface area contributed by atoms with Gasteiger partial charge in [-0.2, -0.15) is 0 Å². The van der Waals surface area contributed by atoms with Gasteiger partial charge in [0.15, 0.2) is 6.10 Å². The Morgan fingerprint density at radius 1 is 1.12 bits per heavy atom. The molecule has 0 saturated heterocycles. The predicted molar refractivity (Wildman–Crippen MR) is 105 cm³/mol.